The number of carbonyl (C=O) groups is 3. The van der Waals surface area contributed by atoms with E-state index in [2.05, 4.69) is 11.4 Å². The number of ether oxygens (including phenoxy) is 1. The van der Waals surface area contributed by atoms with E-state index >= 15 is 0 Å². The maximum absolute atomic E-state index is 12.5. The topological polar surface area (TPSA) is 116 Å². The molecule has 8 nitrogen and oxygen atoms in total. The maximum atomic E-state index is 12.5. The van der Waals surface area contributed by atoms with Crippen LogP contribution < -0.4 is 15.0 Å². The molecule has 0 unspecified atom stereocenters. The number of rotatable bonds is 5. The number of nitrogens with zero attached hydrogens (tertiary/aromatic N) is 1. The molecule has 154 valence electrons. The van der Waals surface area contributed by atoms with Crippen LogP contribution in [-0.4, -0.2) is 48.3 Å². The molecule has 1 amide bonds. The summed E-state index contributed by atoms with van der Waals surface area (Å²) in [6, 6.07) is 16.1. The third-order valence-electron chi connectivity index (χ3n) is 4.33. The van der Waals surface area contributed by atoms with Crippen molar-refractivity contribution in [2.45, 2.75) is 19.4 Å². The molecule has 0 fully saturated rings. The van der Waals surface area contributed by atoms with E-state index in [1.165, 1.54) is 5.56 Å². The number of hydrogen-bond donors (Lipinski definition) is 3. The number of carboxylic acids is 2. The zero-order valence-corrected chi connectivity index (χ0v) is 16.1. The van der Waals surface area contributed by atoms with Gasteiger partial charge in [0.15, 0.2) is 0 Å². The van der Waals surface area contributed by atoms with Crippen molar-refractivity contribution >= 4 is 23.5 Å². The van der Waals surface area contributed by atoms with E-state index < -0.39 is 11.9 Å². The molecule has 2 aromatic carbocycles. The number of methoxy groups -OCH3 is 1. The van der Waals surface area contributed by atoms with Gasteiger partial charge >= 0.3 is 11.9 Å². The number of nitrogens with one attached hydrogen (secondary N) is 1. The quantitative estimate of drug-likeness (QED) is 0.657. The lowest BCUT2D eigenvalue weighted by molar-refractivity contribution is -0.159. The highest BCUT2D eigenvalue weighted by Crippen LogP contribution is 2.26. The van der Waals surface area contributed by atoms with E-state index in [1.807, 2.05) is 47.4 Å². The van der Waals surface area contributed by atoms with Gasteiger partial charge in [-0.3, -0.25) is 4.79 Å². The Labute approximate surface area is 168 Å². The second-order valence-electron chi connectivity index (χ2n) is 6.34. The van der Waals surface area contributed by atoms with E-state index in [1.54, 1.807) is 7.11 Å². The SMILES string of the molecule is COc1cccc(CNCC(=O)N2CCCc3ccccc32)c1.O=C(O)C(=O)O. The summed E-state index contributed by atoms with van der Waals surface area (Å²) in [6.45, 7) is 1.79. The molecule has 0 bridgehead atoms. The highest BCUT2D eigenvalue weighted by molar-refractivity contribution is 6.27. The zero-order valence-electron chi connectivity index (χ0n) is 16.1. The molecule has 0 atom stereocenters. The smallest absolute Gasteiger partial charge is 0.414 e. The summed E-state index contributed by atoms with van der Waals surface area (Å²) < 4.78 is 5.21. The number of benzene rings is 2. The van der Waals surface area contributed by atoms with Crippen molar-refractivity contribution in [3.05, 3.63) is 59.7 Å². The van der Waals surface area contributed by atoms with Gasteiger partial charge in [-0.25, -0.2) is 9.59 Å². The molecule has 0 spiro atoms. The Morgan fingerprint density at radius 1 is 1.07 bits per heavy atom. The Balaban J connectivity index is 0.000000438. The van der Waals surface area contributed by atoms with Crippen LogP contribution in [0, 0.1) is 0 Å². The summed E-state index contributed by atoms with van der Waals surface area (Å²) in [4.78, 5) is 32.6. The molecule has 0 aromatic heterocycles. The first-order chi connectivity index (χ1) is 13.9. The number of fused-ring (bicyclic) bond motifs is 1. The number of anilines is 1. The number of aryl methyl sites for hydroxylation is 1. The highest BCUT2D eigenvalue weighted by Gasteiger charge is 2.21. The predicted octanol–water partition coefficient (Wildman–Crippen LogP) is 1.92. The van der Waals surface area contributed by atoms with Crippen molar-refractivity contribution in [3.8, 4) is 5.75 Å². The summed E-state index contributed by atoms with van der Waals surface area (Å²) >= 11 is 0. The van der Waals surface area contributed by atoms with Crippen molar-refractivity contribution in [2.75, 3.05) is 25.1 Å². The lowest BCUT2D eigenvalue weighted by Gasteiger charge is -2.29. The molecule has 0 aliphatic carbocycles. The first-order valence-corrected chi connectivity index (χ1v) is 9.10. The van der Waals surface area contributed by atoms with Gasteiger partial charge in [0.05, 0.1) is 13.7 Å². The minimum Gasteiger partial charge on any atom is -0.497 e. The van der Waals surface area contributed by atoms with Crippen molar-refractivity contribution in [3.63, 3.8) is 0 Å². The molecule has 0 saturated heterocycles. The van der Waals surface area contributed by atoms with Crippen molar-refractivity contribution < 1.29 is 29.3 Å². The minimum atomic E-state index is -1.82. The number of para-hydroxylation sites is 1. The van der Waals surface area contributed by atoms with Gasteiger partial charge in [-0.05, 0) is 42.2 Å². The molecule has 8 heteroatoms. The van der Waals surface area contributed by atoms with E-state index in [0.717, 1.165) is 36.4 Å². The second kappa shape index (κ2) is 10.8. The number of carboxylic acid groups (broad SMARTS) is 2. The second-order valence-corrected chi connectivity index (χ2v) is 6.34. The largest absolute Gasteiger partial charge is 0.497 e. The molecule has 0 saturated carbocycles. The van der Waals surface area contributed by atoms with Crippen LogP contribution in [0.5, 0.6) is 5.75 Å². The van der Waals surface area contributed by atoms with Crippen molar-refractivity contribution in [2.24, 2.45) is 0 Å². The number of carbonyl (C=O) groups excluding carboxylic acids is 1. The van der Waals surface area contributed by atoms with Crippen LogP contribution in [0.4, 0.5) is 5.69 Å². The Kier molecular flexibility index (Phi) is 8.17. The Hall–Kier alpha value is -3.39. The molecule has 1 aliphatic rings. The van der Waals surface area contributed by atoms with Crippen LogP contribution >= 0.6 is 0 Å². The summed E-state index contributed by atoms with van der Waals surface area (Å²) in [7, 11) is 1.66. The third-order valence-corrected chi connectivity index (χ3v) is 4.33. The third kappa shape index (κ3) is 6.62. The number of amides is 1. The molecule has 2 aromatic rings. The monoisotopic (exact) mass is 400 g/mol. The van der Waals surface area contributed by atoms with Gasteiger partial charge in [-0.15, -0.1) is 0 Å². The molecular formula is C21H24N2O6. The Morgan fingerprint density at radius 3 is 2.48 bits per heavy atom. The van der Waals surface area contributed by atoms with Gasteiger partial charge in [0, 0.05) is 18.8 Å². The van der Waals surface area contributed by atoms with Crippen molar-refractivity contribution in [1.82, 2.24) is 5.32 Å². The van der Waals surface area contributed by atoms with Crippen LogP contribution in [0.25, 0.3) is 0 Å². The average molecular weight is 400 g/mol. The van der Waals surface area contributed by atoms with Gasteiger partial charge in [0.1, 0.15) is 5.75 Å². The van der Waals surface area contributed by atoms with E-state index in [4.69, 9.17) is 24.5 Å². The van der Waals surface area contributed by atoms with E-state index in [-0.39, 0.29) is 5.91 Å². The van der Waals surface area contributed by atoms with Crippen molar-refractivity contribution in [1.29, 1.82) is 0 Å². The fourth-order valence-electron chi connectivity index (χ4n) is 2.98. The van der Waals surface area contributed by atoms with E-state index in [0.29, 0.717) is 13.1 Å². The Bertz CT molecular complexity index is 856. The van der Waals surface area contributed by atoms with Crippen LogP contribution in [0.3, 0.4) is 0 Å². The van der Waals surface area contributed by atoms with Gasteiger partial charge in [-0.2, -0.15) is 0 Å². The van der Waals surface area contributed by atoms with Crippen LogP contribution in [0.1, 0.15) is 17.5 Å². The summed E-state index contributed by atoms with van der Waals surface area (Å²) in [5, 5.41) is 18.0. The first kappa shape index (κ1) is 21.9. The number of hydrogen-bond acceptors (Lipinski definition) is 5. The predicted molar refractivity (Wildman–Crippen MR) is 107 cm³/mol. The van der Waals surface area contributed by atoms with Gasteiger partial charge in [0.25, 0.3) is 0 Å². The van der Waals surface area contributed by atoms with Crippen LogP contribution in [0.2, 0.25) is 0 Å². The minimum absolute atomic E-state index is 0.125. The van der Waals surface area contributed by atoms with Crippen LogP contribution in [-0.2, 0) is 27.3 Å². The summed E-state index contributed by atoms with van der Waals surface area (Å²) in [5.41, 5.74) is 3.43. The summed E-state index contributed by atoms with van der Waals surface area (Å²) in [5.74, 6) is -2.69. The fourth-order valence-corrected chi connectivity index (χ4v) is 2.98. The van der Waals surface area contributed by atoms with Gasteiger partial charge in [-0.1, -0.05) is 30.3 Å². The average Bonchev–Trinajstić information content (AvgIpc) is 2.73. The molecule has 1 aliphatic heterocycles. The van der Waals surface area contributed by atoms with Gasteiger partial charge < -0.3 is 25.2 Å². The van der Waals surface area contributed by atoms with E-state index in [9.17, 15) is 4.79 Å². The van der Waals surface area contributed by atoms with Gasteiger partial charge in [0.2, 0.25) is 5.91 Å². The zero-order chi connectivity index (χ0) is 21.2. The molecule has 3 N–H and O–H groups in total. The normalized spacial score (nSPS) is 12.2. The highest BCUT2D eigenvalue weighted by atomic mass is 16.5. The Morgan fingerprint density at radius 2 is 1.79 bits per heavy atom. The first-order valence-electron chi connectivity index (χ1n) is 9.10. The summed E-state index contributed by atoms with van der Waals surface area (Å²) in [6.07, 6.45) is 2.08. The van der Waals surface area contributed by atoms with Crippen LogP contribution in [0.15, 0.2) is 48.5 Å². The number of aliphatic carboxylic acids is 2. The fraction of sp³-hybridized carbons (Fsp3) is 0.286. The standard InChI is InChI=1S/C19H22N2O2.C2H2O4/c1-23-17-9-4-6-15(12-17)13-20-14-19(22)21-11-5-8-16-7-2-3-10-18(16)21;3-1(4)2(5)6/h2-4,6-7,9-10,12,20H,5,8,11,13-14H2,1H3;(H,3,4)(H,5,6). The molecular weight excluding hydrogens is 376 g/mol. The lowest BCUT2D eigenvalue weighted by atomic mass is 10.0. The maximum Gasteiger partial charge on any atom is 0.414 e. The molecule has 29 heavy (non-hydrogen) atoms. The molecule has 0 radical (unpaired) electrons. The molecule has 1 heterocycles. The lowest BCUT2D eigenvalue weighted by Crippen LogP contribution is -2.41. The molecule has 3 rings (SSSR count).